The highest BCUT2D eigenvalue weighted by molar-refractivity contribution is 5.73. The molecule has 1 aromatic carbocycles. The van der Waals surface area contributed by atoms with Gasteiger partial charge in [0.1, 0.15) is 0 Å². The Labute approximate surface area is 140 Å². The summed E-state index contributed by atoms with van der Waals surface area (Å²) in [5, 5.41) is 3.23. The normalized spacial score (nSPS) is 11.6. The second kappa shape index (κ2) is 10.2. The van der Waals surface area contributed by atoms with Crippen molar-refractivity contribution in [3.05, 3.63) is 29.3 Å². The van der Waals surface area contributed by atoms with Crippen molar-refractivity contribution < 1.29 is 18.0 Å². The average Bonchev–Trinajstić information content (AvgIpc) is 2.49. The zero-order valence-electron chi connectivity index (χ0n) is 13.8. The lowest BCUT2D eigenvalue weighted by molar-refractivity contribution is -0.137. The van der Waals surface area contributed by atoms with Crippen LogP contribution in [0.15, 0.2) is 18.2 Å². The standard InChI is InChI=1S/C17H26F3N3O/c18-17(19,20)14-12-13(8-9-15(14)21)6-3-1-2-4-10-23-11-5-7-16(22)24/h8-9,12,23H,1-7,10-11,21H2,(H2,22,24). The molecule has 1 amide bonds. The van der Waals surface area contributed by atoms with Crippen molar-refractivity contribution in [1.82, 2.24) is 5.32 Å². The number of halogens is 3. The third kappa shape index (κ3) is 8.19. The lowest BCUT2D eigenvalue weighted by atomic mass is 10.0. The zero-order chi connectivity index (χ0) is 18.0. The number of rotatable bonds is 11. The van der Waals surface area contributed by atoms with Gasteiger partial charge in [-0.15, -0.1) is 0 Å². The van der Waals surface area contributed by atoms with Crippen molar-refractivity contribution in [1.29, 1.82) is 0 Å². The highest BCUT2D eigenvalue weighted by Gasteiger charge is 2.32. The molecule has 24 heavy (non-hydrogen) atoms. The number of unbranched alkanes of at least 4 members (excludes halogenated alkanes) is 3. The second-order valence-corrected chi connectivity index (χ2v) is 5.90. The maximum atomic E-state index is 12.8. The first-order chi connectivity index (χ1) is 11.3. The Morgan fingerprint density at radius 1 is 1.04 bits per heavy atom. The molecular formula is C17H26F3N3O. The van der Waals surface area contributed by atoms with E-state index in [-0.39, 0.29) is 11.6 Å². The molecule has 5 N–H and O–H groups in total. The van der Waals surface area contributed by atoms with Crippen LogP contribution in [-0.2, 0) is 17.4 Å². The Hall–Kier alpha value is -1.76. The molecule has 7 heteroatoms. The number of aryl methyl sites for hydroxylation is 1. The monoisotopic (exact) mass is 345 g/mol. The van der Waals surface area contributed by atoms with Crippen LogP contribution in [0, 0.1) is 0 Å². The van der Waals surface area contributed by atoms with Crippen LogP contribution in [0.4, 0.5) is 18.9 Å². The quantitative estimate of drug-likeness (QED) is 0.425. The molecule has 1 aromatic rings. The van der Waals surface area contributed by atoms with Gasteiger partial charge in [-0.25, -0.2) is 0 Å². The third-order valence-corrected chi connectivity index (χ3v) is 3.77. The van der Waals surface area contributed by atoms with Gasteiger partial charge in [-0.2, -0.15) is 13.2 Å². The van der Waals surface area contributed by atoms with Gasteiger partial charge in [0.05, 0.1) is 5.56 Å². The van der Waals surface area contributed by atoms with Crippen LogP contribution >= 0.6 is 0 Å². The van der Waals surface area contributed by atoms with E-state index in [2.05, 4.69) is 5.32 Å². The number of hydrogen-bond donors (Lipinski definition) is 3. The van der Waals surface area contributed by atoms with Crippen LogP contribution in [-0.4, -0.2) is 19.0 Å². The van der Waals surface area contributed by atoms with Crippen LogP contribution in [0.2, 0.25) is 0 Å². The van der Waals surface area contributed by atoms with Crippen molar-refractivity contribution >= 4 is 11.6 Å². The molecule has 0 bridgehead atoms. The number of anilines is 1. The molecule has 0 aliphatic carbocycles. The molecule has 0 aromatic heterocycles. The number of alkyl halides is 3. The molecule has 0 saturated heterocycles. The molecule has 0 saturated carbocycles. The number of carbonyl (C=O) groups is 1. The minimum absolute atomic E-state index is 0.228. The van der Waals surface area contributed by atoms with Gasteiger partial charge in [0.15, 0.2) is 0 Å². The van der Waals surface area contributed by atoms with E-state index in [0.717, 1.165) is 51.3 Å². The smallest absolute Gasteiger partial charge is 0.398 e. The van der Waals surface area contributed by atoms with Gasteiger partial charge in [0.25, 0.3) is 0 Å². The predicted octanol–water partition coefficient (Wildman–Crippen LogP) is 3.25. The van der Waals surface area contributed by atoms with Gasteiger partial charge in [0, 0.05) is 12.1 Å². The first-order valence-corrected chi connectivity index (χ1v) is 8.25. The molecule has 0 aliphatic heterocycles. The van der Waals surface area contributed by atoms with Crippen molar-refractivity contribution in [3.8, 4) is 0 Å². The first-order valence-electron chi connectivity index (χ1n) is 8.25. The van der Waals surface area contributed by atoms with Gasteiger partial charge in [0.2, 0.25) is 5.91 Å². The van der Waals surface area contributed by atoms with Gasteiger partial charge >= 0.3 is 6.18 Å². The maximum Gasteiger partial charge on any atom is 0.418 e. The number of primary amides is 1. The maximum absolute atomic E-state index is 12.8. The summed E-state index contributed by atoms with van der Waals surface area (Å²) < 4.78 is 38.3. The lowest BCUT2D eigenvalue weighted by Gasteiger charge is -2.11. The van der Waals surface area contributed by atoms with Crippen molar-refractivity contribution in [3.63, 3.8) is 0 Å². The summed E-state index contributed by atoms with van der Waals surface area (Å²) in [4.78, 5) is 10.5. The lowest BCUT2D eigenvalue weighted by Crippen LogP contribution is -2.19. The molecule has 0 spiro atoms. The SMILES string of the molecule is NC(=O)CCCNCCCCCCc1ccc(N)c(C(F)(F)F)c1. The molecule has 1 rings (SSSR count). The molecule has 0 radical (unpaired) electrons. The molecule has 136 valence electrons. The Morgan fingerprint density at radius 3 is 2.38 bits per heavy atom. The van der Waals surface area contributed by atoms with Crippen molar-refractivity contribution in [2.45, 2.75) is 51.1 Å². The van der Waals surface area contributed by atoms with Gasteiger partial charge < -0.3 is 16.8 Å². The fourth-order valence-corrected chi connectivity index (χ4v) is 2.45. The number of benzene rings is 1. The largest absolute Gasteiger partial charge is 0.418 e. The number of hydrogen-bond acceptors (Lipinski definition) is 3. The van der Waals surface area contributed by atoms with E-state index in [4.69, 9.17) is 11.5 Å². The van der Waals surface area contributed by atoms with Gasteiger partial charge in [-0.05, 0) is 56.5 Å². The minimum Gasteiger partial charge on any atom is -0.398 e. The Kier molecular flexibility index (Phi) is 8.60. The van der Waals surface area contributed by atoms with Crippen LogP contribution < -0.4 is 16.8 Å². The highest BCUT2D eigenvalue weighted by atomic mass is 19.4. The van der Waals surface area contributed by atoms with E-state index in [1.165, 1.54) is 6.07 Å². The summed E-state index contributed by atoms with van der Waals surface area (Å²) in [5.41, 5.74) is 10.1. The summed E-state index contributed by atoms with van der Waals surface area (Å²) in [6.45, 7) is 1.65. The predicted molar refractivity (Wildman–Crippen MR) is 89.3 cm³/mol. The van der Waals surface area contributed by atoms with Crippen LogP contribution in [0.3, 0.4) is 0 Å². The van der Waals surface area contributed by atoms with Crippen LogP contribution in [0.1, 0.15) is 49.7 Å². The first kappa shape index (κ1) is 20.3. The second-order valence-electron chi connectivity index (χ2n) is 5.90. The minimum atomic E-state index is -4.40. The molecule has 0 aliphatic rings. The molecule has 0 atom stereocenters. The van der Waals surface area contributed by atoms with Gasteiger partial charge in [-0.1, -0.05) is 18.9 Å². The number of carbonyl (C=O) groups excluding carboxylic acids is 1. The summed E-state index contributed by atoms with van der Waals surface area (Å²) in [6.07, 6.45) is 1.20. The third-order valence-electron chi connectivity index (χ3n) is 3.77. The fraction of sp³-hybridized carbons (Fsp3) is 0.588. The molecule has 0 heterocycles. The Balaban J connectivity index is 2.14. The van der Waals surface area contributed by atoms with E-state index in [0.29, 0.717) is 18.4 Å². The Bertz CT molecular complexity index is 518. The summed E-state index contributed by atoms with van der Waals surface area (Å²) >= 11 is 0. The van der Waals surface area contributed by atoms with Crippen molar-refractivity contribution in [2.24, 2.45) is 5.73 Å². The molecular weight excluding hydrogens is 319 g/mol. The summed E-state index contributed by atoms with van der Waals surface area (Å²) in [6, 6.07) is 4.13. The molecule has 0 unspecified atom stereocenters. The van der Waals surface area contributed by atoms with Crippen LogP contribution in [0.25, 0.3) is 0 Å². The van der Waals surface area contributed by atoms with Crippen molar-refractivity contribution in [2.75, 3.05) is 18.8 Å². The van der Waals surface area contributed by atoms with E-state index >= 15 is 0 Å². The molecule has 0 fully saturated rings. The van der Waals surface area contributed by atoms with E-state index in [1.807, 2.05) is 0 Å². The van der Waals surface area contributed by atoms with Gasteiger partial charge in [-0.3, -0.25) is 4.79 Å². The van der Waals surface area contributed by atoms with E-state index in [9.17, 15) is 18.0 Å². The van der Waals surface area contributed by atoms with Crippen LogP contribution in [0.5, 0.6) is 0 Å². The summed E-state index contributed by atoms with van der Waals surface area (Å²) in [5.74, 6) is -0.284. The zero-order valence-corrected chi connectivity index (χ0v) is 13.8. The fourth-order valence-electron chi connectivity index (χ4n) is 2.45. The molecule has 4 nitrogen and oxygen atoms in total. The number of amides is 1. The number of nitrogens with one attached hydrogen (secondary N) is 1. The highest BCUT2D eigenvalue weighted by Crippen LogP contribution is 2.34. The Morgan fingerprint density at radius 2 is 1.71 bits per heavy atom. The number of nitrogen functional groups attached to an aromatic ring is 1. The topological polar surface area (TPSA) is 81.1 Å². The van der Waals surface area contributed by atoms with E-state index < -0.39 is 11.7 Å². The number of nitrogens with two attached hydrogens (primary N) is 2. The summed E-state index contributed by atoms with van der Waals surface area (Å²) in [7, 11) is 0. The van der Waals surface area contributed by atoms with E-state index in [1.54, 1.807) is 6.07 Å². The average molecular weight is 345 g/mol.